The zero-order valence-corrected chi connectivity index (χ0v) is 12.5. The molecule has 1 saturated heterocycles. The van der Waals surface area contributed by atoms with E-state index in [0.717, 1.165) is 23.8 Å². The van der Waals surface area contributed by atoms with Gasteiger partial charge in [0.25, 0.3) is 5.91 Å². The molecule has 3 nitrogen and oxygen atoms in total. The molecule has 2 aromatic carbocycles. The molecule has 2 aromatic rings. The molecule has 0 radical (unpaired) electrons. The Labute approximate surface area is 133 Å². The van der Waals surface area contributed by atoms with Gasteiger partial charge in [-0.2, -0.15) is 0 Å². The molecule has 2 atom stereocenters. The summed E-state index contributed by atoms with van der Waals surface area (Å²) in [6, 6.07) is 12.4. The molecule has 1 fully saturated rings. The maximum absolute atomic E-state index is 13.3. The summed E-state index contributed by atoms with van der Waals surface area (Å²) in [5.41, 5.74) is 0.997. The quantitative estimate of drug-likeness (QED) is 0.925. The molecular formula is C18H17F2NO2. The standard InChI is InChI=1S/C18H17F2NO2/c19-14-8-13(9-15(20)10-14)18(23)21-7-6-16(17(22)11-21)12-4-2-1-3-5-12/h1-5,8-10,16-17,22H,6-7,11H2/t16-,17+/m0/s1. The molecule has 1 amide bonds. The van der Waals surface area contributed by atoms with Crippen molar-refractivity contribution >= 4 is 5.91 Å². The number of likely N-dealkylation sites (tertiary alicyclic amines) is 1. The van der Waals surface area contributed by atoms with E-state index in [0.29, 0.717) is 13.0 Å². The Morgan fingerprint density at radius 1 is 1.09 bits per heavy atom. The molecule has 1 heterocycles. The van der Waals surface area contributed by atoms with Crippen LogP contribution in [0.5, 0.6) is 0 Å². The number of rotatable bonds is 2. The highest BCUT2D eigenvalue weighted by Crippen LogP contribution is 2.29. The van der Waals surface area contributed by atoms with Crippen LogP contribution in [-0.2, 0) is 0 Å². The number of piperidine rings is 1. The van der Waals surface area contributed by atoms with Crippen molar-refractivity contribution in [1.29, 1.82) is 0 Å². The summed E-state index contributed by atoms with van der Waals surface area (Å²) in [5, 5.41) is 10.4. The van der Waals surface area contributed by atoms with Crippen LogP contribution < -0.4 is 0 Å². The van der Waals surface area contributed by atoms with Crippen LogP contribution >= 0.6 is 0 Å². The molecule has 0 aromatic heterocycles. The molecule has 3 rings (SSSR count). The lowest BCUT2D eigenvalue weighted by molar-refractivity contribution is 0.0381. The molecular weight excluding hydrogens is 300 g/mol. The first kappa shape index (κ1) is 15.6. The highest BCUT2D eigenvalue weighted by molar-refractivity contribution is 5.94. The lowest BCUT2D eigenvalue weighted by Gasteiger charge is -2.36. The molecule has 0 aliphatic carbocycles. The second-order valence-corrected chi connectivity index (χ2v) is 5.78. The first-order valence-electron chi connectivity index (χ1n) is 7.53. The van der Waals surface area contributed by atoms with Gasteiger partial charge in [0.1, 0.15) is 11.6 Å². The van der Waals surface area contributed by atoms with Gasteiger partial charge in [0.15, 0.2) is 0 Å². The fourth-order valence-electron chi connectivity index (χ4n) is 3.07. The molecule has 5 heteroatoms. The van der Waals surface area contributed by atoms with Gasteiger partial charge in [-0.1, -0.05) is 30.3 Å². The van der Waals surface area contributed by atoms with E-state index in [1.54, 1.807) is 0 Å². The maximum atomic E-state index is 13.3. The van der Waals surface area contributed by atoms with Gasteiger partial charge in [-0.05, 0) is 24.1 Å². The third-order valence-electron chi connectivity index (χ3n) is 4.21. The van der Waals surface area contributed by atoms with Crippen molar-refractivity contribution in [3.63, 3.8) is 0 Å². The SMILES string of the molecule is O=C(c1cc(F)cc(F)c1)N1CC[C@@H](c2ccccc2)[C@H](O)C1. The van der Waals surface area contributed by atoms with Gasteiger partial charge in [-0.25, -0.2) is 8.78 Å². The number of hydrogen-bond acceptors (Lipinski definition) is 2. The number of amides is 1. The predicted molar refractivity (Wildman–Crippen MR) is 82.1 cm³/mol. The third kappa shape index (κ3) is 3.40. The number of aliphatic hydroxyl groups is 1. The first-order valence-corrected chi connectivity index (χ1v) is 7.53. The minimum atomic E-state index is -0.784. The Hall–Kier alpha value is -2.27. The number of hydrogen-bond donors (Lipinski definition) is 1. The van der Waals surface area contributed by atoms with E-state index >= 15 is 0 Å². The van der Waals surface area contributed by atoms with Gasteiger partial charge in [0.2, 0.25) is 0 Å². The molecule has 120 valence electrons. The largest absolute Gasteiger partial charge is 0.391 e. The average molecular weight is 317 g/mol. The van der Waals surface area contributed by atoms with Crippen molar-refractivity contribution in [3.8, 4) is 0 Å². The van der Waals surface area contributed by atoms with E-state index in [9.17, 15) is 18.7 Å². The smallest absolute Gasteiger partial charge is 0.254 e. The summed E-state index contributed by atoms with van der Waals surface area (Å²) in [4.78, 5) is 13.8. The average Bonchev–Trinajstić information content (AvgIpc) is 2.54. The van der Waals surface area contributed by atoms with Crippen LogP contribution in [0.3, 0.4) is 0 Å². The van der Waals surface area contributed by atoms with Crippen LogP contribution in [0.15, 0.2) is 48.5 Å². The molecule has 1 aliphatic rings. The number of halogens is 2. The van der Waals surface area contributed by atoms with E-state index in [-0.39, 0.29) is 18.0 Å². The fraction of sp³-hybridized carbons (Fsp3) is 0.278. The maximum Gasteiger partial charge on any atom is 0.254 e. The lowest BCUT2D eigenvalue weighted by Crippen LogP contribution is -2.45. The highest BCUT2D eigenvalue weighted by atomic mass is 19.1. The van der Waals surface area contributed by atoms with Gasteiger partial charge >= 0.3 is 0 Å². The van der Waals surface area contributed by atoms with E-state index in [1.807, 2.05) is 30.3 Å². The lowest BCUT2D eigenvalue weighted by atomic mass is 9.87. The van der Waals surface area contributed by atoms with Crippen LogP contribution in [0, 0.1) is 11.6 Å². The minimum Gasteiger partial charge on any atom is -0.391 e. The Balaban J connectivity index is 1.73. The van der Waals surface area contributed by atoms with Crippen LogP contribution in [0.2, 0.25) is 0 Å². The molecule has 1 aliphatic heterocycles. The highest BCUT2D eigenvalue weighted by Gasteiger charge is 2.31. The van der Waals surface area contributed by atoms with Crippen molar-refractivity contribution in [2.24, 2.45) is 0 Å². The van der Waals surface area contributed by atoms with Crippen LogP contribution in [0.25, 0.3) is 0 Å². The van der Waals surface area contributed by atoms with Crippen LogP contribution in [0.1, 0.15) is 28.3 Å². The second kappa shape index (κ2) is 6.46. The van der Waals surface area contributed by atoms with Gasteiger partial charge in [-0.3, -0.25) is 4.79 Å². The van der Waals surface area contributed by atoms with Crippen molar-refractivity contribution in [2.45, 2.75) is 18.4 Å². The summed E-state index contributed by atoms with van der Waals surface area (Å²) in [6.07, 6.45) is -0.0946. The zero-order chi connectivity index (χ0) is 16.4. The summed E-state index contributed by atoms with van der Waals surface area (Å²) in [6.45, 7) is 0.587. The molecule has 23 heavy (non-hydrogen) atoms. The van der Waals surface area contributed by atoms with Crippen molar-refractivity contribution in [2.75, 3.05) is 13.1 Å². The Bertz CT molecular complexity index is 685. The van der Waals surface area contributed by atoms with E-state index < -0.39 is 23.6 Å². The molecule has 0 unspecified atom stereocenters. The molecule has 0 saturated carbocycles. The molecule has 0 spiro atoms. The van der Waals surface area contributed by atoms with Gasteiger partial charge in [-0.15, -0.1) is 0 Å². The number of β-amino-alcohol motifs (C(OH)–C–C–N with tert-alkyl or cyclic N) is 1. The normalized spacial score (nSPS) is 21.3. The van der Waals surface area contributed by atoms with Crippen LogP contribution in [0.4, 0.5) is 8.78 Å². The van der Waals surface area contributed by atoms with E-state index in [4.69, 9.17) is 0 Å². The number of benzene rings is 2. The zero-order valence-electron chi connectivity index (χ0n) is 12.5. The minimum absolute atomic E-state index is 0.0344. The Morgan fingerprint density at radius 2 is 1.74 bits per heavy atom. The van der Waals surface area contributed by atoms with Crippen molar-refractivity contribution in [1.82, 2.24) is 4.90 Å². The van der Waals surface area contributed by atoms with E-state index in [1.165, 1.54) is 4.90 Å². The first-order chi connectivity index (χ1) is 11.0. The fourth-order valence-corrected chi connectivity index (χ4v) is 3.07. The summed E-state index contributed by atoms with van der Waals surface area (Å²) in [7, 11) is 0. The summed E-state index contributed by atoms with van der Waals surface area (Å²) in [5.74, 6) is -2.07. The number of carbonyl (C=O) groups excluding carboxylic acids is 1. The van der Waals surface area contributed by atoms with Gasteiger partial charge in [0, 0.05) is 30.6 Å². The number of aliphatic hydroxyl groups excluding tert-OH is 1. The monoisotopic (exact) mass is 317 g/mol. The molecule has 0 bridgehead atoms. The number of carbonyl (C=O) groups is 1. The van der Waals surface area contributed by atoms with Gasteiger partial charge in [0.05, 0.1) is 6.10 Å². The summed E-state index contributed by atoms with van der Waals surface area (Å²) >= 11 is 0. The van der Waals surface area contributed by atoms with E-state index in [2.05, 4.69) is 0 Å². The Morgan fingerprint density at radius 3 is 2.35 bits per heavy atom. The predicted octanol–water partition coefficient (Wildman–Crippen LogP) is 2.96. The molecule has 1 N–H and O–H groups in total. The topological polar surface area (TPSA) is 40.5 Å². The Kier molecular flexibility index (Phi) is 4.39. The van der Waals surface area contributed by atoms with Crippen molar-refractivity contribution in [3.05, 3.63) is 71.3 Å². The number of nitrogens with zero attached hydrogens (tertiary/aromatic N) is 1. The second-order valence-electron chi connectivity index (χ2n) is 5.78. The van der Waals surface area contributed by atoms with Crippen molar-refractivity contribution < 1.29 is 18.7 Å². The third-order valence-corrected chi connectivity index (χ3v) is 4.21. The van der Waals surface area contributed by atoms with Crippen LogP contribution in [-0.4, -0.2) is 35.1 Å². The van der Waals surface area contributed by atoms with Gasteiger partial charge < -0.3 is 10.0 Å². The summed E-state index contributed by atoms with van der Waals surface area (Å²) < 4.78 is 26.5.